The molecule has 0 saturated heterocycles. The van der Waals surface area contributed by atoms with Gasteiger partial charge >= 0.3 is 5.97 Å². The number of nitrogens with two attached hydrogens (primary N) is 1. The first-order valence-electron chi connectivity index (χ1n) is 7.15. The lowest BCUT2D eigenvalue weighted by molar-refractivity contribution is 0.0487. The lowest BCUT2D eigenvalue weighted by Gasteiger charge is -2.05. The smallest absolute Gasteiger partial charge is 0.358 e. The lowest BCUT2D eigenvalue weighted by Crippen LogP contribution is -2.08. The van der Waals surface area contributed by atoms with Gasteiger partial charge in [0.15, 0.2) is 5.69 Å². The Balaban J connectivity index is 1.93. The number of ether oxygens (including phenoxy) is 1. The van der Waals surface area contributed by atoms with Crippen molar-refractivity contribution in [1.82, 2.24) is 9.78 Å². The van der Waals surface area contributed by atoms with Gasteiger partial charge in [0.25, 0.3) is 0 Å². The molecule has 0 bridgehead atoms. The summed E-state index contributed by atoms with van der Waals surface area (Å²) in [6.07, 6.45) is 3.66. The summed E-state index contributed by atoms with van der Waals surface area (Å²) in [5, 5.41) is 4.23. The van der Waals surface area contributed by atoms with Crippen molar-refractivity contribution < 1.29 is 9.53 Å². The summed E-state index contributed by atoms with van der Waals surface area (Å²) in [6.45, 7) is 4.73. The molecule has 0 aliphatic heterocycles. The number of carbonyl (C=O) groups excluding carboxylic acids is 1. The molecule has 1 heterocycles. The first kappa shape index (κ1) is 15.1. The van der Waals surface area contributed by atoms with Crippen LogP contribution in [0.15, 0.2) is 36.5 Å². The Bertz CT molecular complexity index is 588. The molecule has 112 valence electrons. The van der Waals surface area contributed by atoms with Crippen molar-refractivity contribution in [3.63, 3.8) is 0 Å². The summed E-state index contributed by atoms with van der Waals surface area (Å²) >= 11 is 0. The number of hydrogen-bond acceptors (Lipinski definition) is 4. The summed E-state index contributed by atoms with van der Waals surface area (Å²) < 4.78 is 6.84. The minimum atomic E-state index is -0.382. The van der Waals surface area contributed by atoms with Crippen molar-refractivity contribution in [2.75, 3.05) is 12.3 Å². The Morgan fingerprint density at radius 2 is 2.00 bits per heavy atom. The predicted octanol–water partition coefficient (Wildman–Crippen LogP) is 3.05. The van der Waals surface area contributed by atoms with Gasteiger partial charge in [-0.05, 0) is 49.1 Å². The fraction of sp³-hybridized carbons (Fsp3) is 0.375. The number of aromatic nitrogens is 2. The summed E-state index contributed by atoms with van der Waals surface area (Å²) in [5.74, 6) is 0.237. The summed E-state index contributed by atoms with van der Waals surface area (Å²) in [5.41, 5.74) is 7.50. The van der Waals surface area contributed by atoms with Crippen LogP contribution in [-0.4, -0.2) is 22.4 Å². The Morgan fingerprint density at radius 1 is 1.29 bits per heavy atom. The molecular weight excluding hydrogens is 266 g/mol. The van der Waals surface area contributed by atoms with Crippen molar-refractivity contribution >= 4 is 11.7 Å². The SMILES string of the molecule is CC(C)CCCOC(=O)c1ccn(-c2ccc(N)cc2)n1. The van der Waals surface area contributed by atoms with Crippen LogP contribution in [0.5, 0.6) is 0 Å². The highest BCUT2D eigenvalue weighted by molar-refractivity contribution is 5.87. The third-order valence-electron chi connectivity index (χ3n) is 3.11. The second-order valence-corrected chi connectivity index (χ2v) is 5.41. The predicted molar refractivity (Wildman–Crippen MR) is 82.3 cm³/mol. The van der Waals surface area contributed by atoms with E-state index in [2.05, 4.69) is 18.9 Å². The maximum atomic E-state index is 11.9. The standard InChI is InChI=1S/C16H21N3O2/c1-12(2)4-3-11-21-16(20)15-9-10-19(18-15)14-7-5-13(17)6-8-14/h5-10,12H,3-4,11,17H2,1-2H3. The Labute approximate surface area is 124 Å². The lowest BCUT2D eigenvalue weighted by atomic mass is 10.1. The molecule has 2 aromatic rings. The van der Waals surface area contributed by atoms with E-state index in [-0.39, 0.29) is 5.97 Å². The molecule has 2 rings (SSSR count). The quantitative estimate of drug-likeness (QED) is 0.503. The molecule has 0 amide bonds. The first-order chi connectivity index (χ1) is 10.1. The van der Waals surface area contributed by atoms with Gasteiger partial charge in [-0.3, -0.25) is 0 Å². The third-order valence-corrected chi connectivity index (χ3v) is 3.11. The molecule has 0 spiro atoms. The molecule has 0 fully saturated rings. The van der Waals surface area contributed by atoms with E-state index in [1.165, 1.54) is 0 Å². The molecule has 1 aromatic carbocycles. The van der Waals surface area contributed by atoms with E-state index in [1.807, 2.05) is 12.1 Å². The van der Waals surface area contributed by atoms with Gasteiger partial charge in [-0.2, -0.15) is 5.10 Å². The zero-order valence-corrected chi connectivity index (χ0v) is 12.5. The monoisotopic (exact) mass is 287 g/mol. The summed E-state index contributed by atoms with van der Waals surface area (Å²) in [4.78, 5) is 11.9. The molecule has 0 unspecified atom stereocenters. The van der Waals surface area contributed by atoms with E-state index in [1.54, 1.807) is 29.1 Å². The molecule has 5 heteroatoms. The van der Waals surface area contributed by atoms with Crippen LogP contribution < -0.4 is 5.73 Å². The van der Waals surface area contributed by atoms with Crippen LogP contribution in [0, 0.1) is 5.92 Å². The molecule has 0 atom stereocenters. The van der Waals surface area contributed by atoms with Gasteiger partial charge in [0.05, 0.1) is 12.3 Å². The van der Waals surface area contributed by atoms with Crippen molar-refractivity contribution in [2.24, 2.45) is 5.92 Å². The van der Waals surface area contributed by atoms with Crippen LogP contribution in [0.2, 0.25) is 0 Å². The van der Waals surface area contributed by atoms with Gasteiger partial charge in [-0.25, -0.2) is 9.48 Å². The zero-order valence-electron chi connectivity index (χ0n) is 12.5. The number of rotatable bonds is 6. The first-order valence-corrected chi connectivity index (χ1v) is 7.15. The summed E-state index contributed by atoms with van der Waals surface area (Å²) in [6, 6.07) is 8.93. The molecule has 1 aromatic heterocycles. The molecule has 0 aliphatic rings. The molecular formula is C16H21N3O2. The Morgan fingerprint density at radius 3 is 2.67 bits per heavy atom. The van der Waals surface area contributed by atoms with Crippen molar-refractivity contribution in [1.29, 1.82) is 0 Å². The van der Waals surface area contributed by atoms with Gasteiger partial charge in [0.2, 0.25) is 0 Å². The van der Waals surface area contributed by atoms with Gasteiger partial charge in [0.1, 0.15) is 0 Å². The largest absolute Gasteiger partial charge is 0.461 e. The van der Waals surface area contributed by atoms with Gasteiger partial charge < -0.3 is 10.5 Å². The molecule has 21 heavy (non-hydrogen) atoms. The third kappa shape index (κ3) is 4.34. The second-order valence-electron chi connectivity index (χ2n) is 5.41. The second kappa shape index (κ2) is 6.92. The average Bonchev–Trinajstić information content (AvgIpc) is 2.94. The number of benzene rings is 1. The van der Waals surface area contributed by atoms with E-state index in [0.29, 0.717) is 23.9 Å². The summed E-state index contributed by atoms with van der Waals surface area (Å²) in [7, 11) is 0. The van der Waals surface area contributed by atoms with Gasteiger partial charge in [-0.15, -0.1) is 0 Å². The van der Waals surface area contributed by atoms with Crippen molar-refractivity contribution in [3.8, 4) is 5.69 Å². The Hall–Kier alpha value is -2.30. The number of esters is 1. The molecule has 0 radical (unpaired) electrons. The zero-order chi connectivity index (χ0) is 15.2. The Kier molecular flexibility index (Phi) is 4.98. The van der Waals surface area contributed by atoms with E-state index in [4.69, 9.17) is 10.5 Å². The number of nitrogens with zero attached hydrogens (tertiary/aromatic N) is 2. The normalized spacial score (nSPS) is 10.8. The average molecular weight is 287 g/mol. The maximum absolute atomic E-state index is 11.9. The van der Waals surface area contributed by atoms with Crippen LogP contribution in [-0.2, 0) is 4.74 Å². The fourth-order valence-corrected chi connectivity index (χ4v) is 1.93. The number of anilines is 1. The number of hydrogen-bond donors (Lipinski definition) is 1. The minimum absolute atomic E-state index is 0.316. The maximum Gasteiger partial charge on any atom is 0.358 e. The van der Waals surface area contributed by atoms with E-state index in [0.717, 1.165) is 18.5 Å². The highest BCUT2D eigenvalue weighted by Gasteiger charge is 2.11. The van der Waals surface area contributed by atoms with Crippen molar-refractivity contribution in [3.05, 3.63) is 42.2 Å². The van der Waals surface area contributed by atoms with Crippen LogP contribution in [0.3, 0.4) is 0 Å². The van der Waals surface area contributed by atoms with Crippen LogP contribution in [0.1, 0.15) is 37.2 Å². The van der Waals surface area contributed by atoms with E-state index in [9.17, 15) is 4.79 Å². The van der Waals surface area contributed by atoms with E-state index >= 15 is 0 Å². The van der Waals surface area contributed by atoms with Crippen LogP contribution in [0.25, 0.3) is 5.69 Å². The molecule has 5 nitrogen and oxygen atoms in total. The minimum Gasteiger partial charge on any atom is -0.461 e. The van der Waals surface area contributed by atoms with Crippen molar-refractivity contribution in [2.45, 2.75) is 26.7 Å². The number of carbonyl (C=O) groups is 1. The highest BCUT2D eigenvalue weighted by Crippen LogP contribution is 2.11. The van der Waals surface area contributed by atoms with E-state index < -0.39 is 0 Å². The topological polar surface area (TPSA) is 70.1 Å². The molecule has 0 saturated carbocycles. The number of nitrogen functional groups attached to an aromatic ring is 1. The van der Waals surface area contributed by atoms with Gasteiger partial charge in [-0.1, -0.05) is 13.8 Å². The molecule has 0 aliphatic carbocycles. The van der Waals surface area contributed by atoms with Crippen LogP contribution >= 0.6 is 0 Å². The van der Waals surface area contributed by atoms with Gasteiger partial charge in [0, 0.05) is 11.9 Å². The molecule has 2 N–H and O–H groups in total. The highest BCUT2D eigenvalue weighted by atomic mass is 16.5. The fourth-order valence-electron chi connectivity index (χ4n) is 1.93. The van der Waals surface area contributed by atoms with Crippen LogP contribution in [0.4, 0.5) is 5.69 Å².